The van der Waals surface area contributed by atoms with Crippen LogP contribution in [-0.4, -0.2) is 23.6 Å². The molecule has 0 saturated carbocycles. The van der Waals surface area contributed by atoms with E-state index in [1.54, 1.807) is 12.1 Å². The van der Waals surface area contributed by atoms with Crippen LogP contribution in [0.4, 0.5) is 15.8 Å². The van der Waals surface area contributed by atoms with Crippen molar-refractivity contribution in [3.8, 4) is 11.3 Å². The van der Waals surface area contributed by atoms with Crippen LogP contribution in [0.2, 0.25) is 0 Å². The van der Waals surface area contributed by atoms with Gasteiger partial charge in [-0.2, -0.15) is 4.39 Å². The fourth-order valence-electron chi connectivity index (χ4n) is 2.30. The number of fused-ring (bicyclic) bond motifs is 1. The van der Waals surface area contributed by atoms with Gasteiger partial charge in [0.2, 0.25) is 16.0 Å². The monoisotopic (exact) mass is 334 g/mol. The minimum atomic E-state index is -3.59. The molecule has 3 N–H and O–H groups in total. The van der Waals surface area contributed by atoms with E-state index in [9.17, 15) is 12.8 Å². The van der Waals surface area contributed by atoms with Gasteiger partial charge in [-0.25, -0.2) is 13.4 Å². The first-order chi connectivity index (χ1) is 10.9. The number of pyridine rings is 2. The van der Waals surface area contributed by atoms with Crippen molar-refractivity contribution >= 4 is 26.9 Å². The Balaban J connectivity index is 2.11. The molecule has 3 rings (SSSR count). The number of nitrogens with one attached hydrogen (secondary N) is 1. The van der Waals surface area contributed by atoms with Crippen LogP contribution < -0.4 is 10.5 Å². The molecule has 23 heavy (non-hydrogen) atoms. The number of hydrogen-bond donors (Lipinski definition) is 2. The Morgan fingerprint density at radius 1 is 1.35 bits per heavy atom. The first kappa shape index (κ1) is 15.3. The second kappa shape index (κ2) is 5.54. The molecule has 6 nitrogen and oxygen atoms in total. The van der Waals surface area contributed by atoms with Crippen molar-refractivity contribution in [2.75, 3.05) is 16.2 Å². The van der Waals surface area contributed by atoms with Crippen molar-refractivity contribution in [1.82, 2.24) is 9.38 Å². The van der Waals surface area contributed by atoms with Crippen LogP contribution in [0, 0.1) is 5.95 Å². The number of rotatable bonds is 4. The Bertz CT molecular complexity index is 982. The van der Waals surface area contributed by atoms with Crippen LogP contribution in [0.3, 0.4) is 0 Å². The molecule has 0 bridgehead atoms. The van der Waals surface area contributed by atoms with Crippen molar-refractivity contribution < 1.29 is 12.8 Å². The summed E-state index contributed by atoms with van der Waals surface area (Å²) < 4.78 is 41.1. The molecule has 3 heterocycles. The Hall–Kier alpha value is -2.61. The highest BCUT2D eigenvalue weighted by atomic mass is 32.2. The van der Waals surface area contributed by atoms with Crippen molar-refractivity contribution in [2.45, 2.75) is 6.92 Å². The van der Waals surface area contributed by atoms with E-state index in [0.717, 1.165) is 11.2 Å². The molecule has 0 aliphatic rings. The van der Waals surface area contributed by atoms with Crippen molar-refractivity contribution in [2.24, 2.45) is 0 Å². The lowest BCUT2D eigenvalue weighted by Crippen LogP contribution is -2.16. The van der Waals surface area contributed by atoms with Gasteiger partial charge in [0.15, 0.2) is 0 Å². The fraction of sp³-hybridized carbons (Fsp3) is 0.133. The van der Waals surface area contributed by atoms with Crippen LogP contribution in [-0.2, 0) is 10.0 Å². The Morgan fingerprint density at radius 3 is 2.87 bits per heavy atom. The molecule has 0 unspecified atom stereocenters. The molecule has 0 aliphatic heterocycles. The summed E-state index contributed by atoms with van der Waals surface area (Å²) in [6.45, 7) is 1.47. The predicted octanol–water partition coefficient (Wildman–Crippen LogP) is 2.48. The number of nitrogens with zero attached hydrogens (tertiary/aromatic N) is 2. The number of sulfonamides is 1. The molecule has 0 saturated heterocycles. The van der Waals surface area contributed by atoms with Gasteiger partial charge in [0.25, 0.3) is 0 Å². The molecule has 8 heteroatoms. The van der Waals surface area contributed by atoms with Gasteiger partial charge in [-0.1, -0.05) is 0 Å². The molecule has 3 aromatic heterocycles. The zero-order valence-electron chi connectivity index (χ0n) is 12.3. The van der Waals surface area contributed by atoms with Crippen LogP contribution >= 0.6 is 0 Å². The molecule has 0 aromatic carbocycles. The summed E-state index contributed by atoms with van der Waals surface area (Å²) in [4.78, 5) is 3.64. The van der Waals surface area contributed by atoms with Crippen LogP contribution in [0.1, 0.15) is 6.92 Å². The largest absolute Gasteiger partial charge is 0.397 e. The van der Waals surface area contributed by atoms with Crippen LogP contribution in [0.15, 0.2) is 42.7 Å². The van der Waals surface area contributed by atoms with E-state index in [-0.39, 0.29) is 11.4 Å². The number of aromatic nitrogens is 2. The van der Waals surface area contributed by atoms with Crippen molar-refractivity contribution in [3.63, 3.8) is 0 Å². The fourth-order valence-corrected chi connectivity index (χ4v) is 2.92. The maximum absolute atomic E-state index is 13.8. The molecule has 0 amide bonds. The van der Waals surface area contributed by atoms with E-state index in [1.807, 2.05) is 22.7 Å². The minimum absolute atomic E-state index is 0.152. The molecule has 0 fully saturated rings. The highest BCUT2D eigenvalue weighted by Crippen LogP contribution is 2.27. The van der Waals surface area contributed by atoms with Crippen LogP contribution in [0.5, 0.6) is 0 Å². The van der Waals surface area contributed by atoms with Gasteiger partial charge in [0.05, 0.1) is 22.7 Å². The maximum Gasteiger partial charge on any atom is 0.237 e. The summed E-state index contributed by atoms with van der Waals surface area (Å²) in [5.41, 5.74) is 8.46. The van der Waals surface area contributed by atoms with Gasteiger partial charge in [-0.3, -0.25) is 4.72 Å². The van der Waals surface area contributed by atoms with E-state index >= 15 is 0 Å². The van der Waals surface area contributed by atoms with Crippen molar-refractivity contribution in [1.29, 1.82) is 0 Å². The summed E-state index contributed by atoms with van der Waals surface area (Å²) in [7, 11) is -3.59. The topological polar surface area (TPSA) is 89.5 Å². The van der Waals surface area contributed by atoms with E-state index in [1.165, 1.54) is 19.2 Å². The standard InChI is InChI=1S/C15H15FN4O2S/c1-2-23(21,22)19-12-8-10(9-18-15(12)16)13-5-6-14-11(17)4-3-7-20(13)14/h3-9,19H,2,17H2,1H3. The second-order valence-electron chi connectivity index (χ2n) is 5.01. The molecule has 0 spiro atoms. The number of hydrogen-bond acceptors (Lipinski definition) is 4. The zero-order chi connectivity index (χ0) is 16.6. The lowest BCUT2D eigenvalue weighted by molar-refractivity contribution is 0.584. The molecule has 0 radical (unpaired) electrons. The molecule has 3 aromatic rings. The summed E-state index contributed by atoms with van der Waals surface area (Å²) in [5, 5.41) is 0. The number of halogens is 1. The highest BCUT2D eigenvalue weighted by molar-refractivity contribution is 7.92. The highest BCUT2D eigenvalue weighted by Gasteiger charge is 2.14. The third-order valence-corrected chi connectivity index (χ3v) is 4.80. The van der Waals surface area contributed by atoms with Gasteiger partial charge < -0.3 is 10.1 Å². The number of nitrogens with two attached hydrogens (primary N) is 1. The SMILES string of the molecule is CCS(=O)(=O)Nc1cc(-c2ccc3c(N)cccn23)cnc1F. The van der Waals surface area contributed by atoms with E-state index in [0.29, 0.717) is 11.3 Å². The van der Waals surface area contributed by atoms with Gasteiger partial charge in [-0.15, -0.1) is 0 Å². The normalized spacial score (nSPS) is 11.7. The van der Waals surface area contributed by atoms with Crippen molar-refractivity contribution in [3.05, 3.63) is 48.7 Å². The van der Waals surface area contributed by atoms with Crippen LogP contribution in [0.25, 0.3) is 16.8 Å². The predicted molar refractivity (Wildman–Crippen MR) is 88.1 cm³/mol. The summed E-state index contributed by atoms with van der Waals surface area (Å²) >= 11 is 0. The first-order valence-corrected chi connectivity index (χ1v) is 8.58. The average Bonchev–Trinajstić information content (AvgIpc) is 2.95. The lowest BCUT2D eigenvalue weighted by Gasteiger charge is -2.09. The molecular formula is C15H15FN4O2S. The molecule has 0 aliphatic carbocycles. The third-order valence-electron chi connectivity index (χ3n) is 3.51. The average molecular weight is 334 g/mol. The summed E-state index contributed by atoms with van der Waals surface area (Å²) in [6.07, 6.45) is 3.17. The van der Waals surface area contributed by atoms with E-state index < -0.39 is 16.0 Å². The summed E-state index contributed by atoms with van der Waals surface area (Å²) in [6, 6.07) is 8.65. The lowest BCUT2D eigenvalue weighted by atomic mass is 10.2. The molecule has 120 valence electrons. The number of nitrogen functional groups attached to an aromatic ring is 1. The van der Waals surface area contributed by atoms with Gasteiger partial charge >= 0.3 is 0 Å². The zero-order valence-corrected chi connectivity index (χ0v) is 13.1. The van der Waals surface area contributed by atoms with Gasteiger partial charge in [0.1, 0.15) is 5.69 Å². The summed E-state index contributed by atoms with van der Waals surface area (Å²) in [5.74, 6) is -1.02. The molecule has 0 atom stereocenters. The smallest absolute Gasteiger partial charge is 0.237 e. The second-order valence-corrected chi connectivity index (χ2v) is 7.02. The minimum Gasteiger partial charge on any atom is -0.397 e. The first-order valence-electron chi connectivity index (χ1n) is 6.93. The Labute approximate surface area is 132 Å². The van der Waals surface area contributed by atoms with Gasteiger partial charge in [-0.05, 0) is 37.3 Å². The van der Waals surface area contributed by atoms with E-state index in [2.05, 4.69) is 9.71 Å². The third kappa shape index (κ3) is 2.85. The van der Waals surface area contributed by atoms with Gasteiger partial charge in [0, 0.05) is 18.0 Å². The molecular weight excluding hydrogens is 319 g/mol. The maximum atomic E-state index is 13.8. The quantitative estimate of drug-likeness (QED) is 0.717. The number of anilines is 2. The van der Waals surface area contributed by atoms with E-state index in [4.69, 9.17) is 5.73 Å². The Morgan fingerprint density at radius 2 is 2.13 bits per heavy atom. The Kier molecular flexibility index (Phi) is 3.69.